The summed E-state index contributed by atoms with van der Waals surface area (Å²) in [6, 6.07) is 13.4. The van der Waals surface area contributed by atoms with Crippen LogP contribution in [0.3, 0.4) is 0 Å². The topological polar surface area (TPSA) is 59.4 Å². The lowest BCUT2D eigenvalue weighted by molar-refractivity contribution is -0.160. The number of nitrogens with zero attached hydrogens (tertiary/aromatic N) is 1. The predicted octanol–water partition coefficient (Wildman–Crippen LogP) is 6.11. The highest BCUT2D eigenvalue weighted by atomic mass is 35.5. The van der Waals surface area contributed by atoms with Gasteiger partial charge in [0.1, 0.15) is 0 Å². The van der Waals surface area contributed by atoms with Crippen molar-refractivity contribution in [3.05, 3.63) is 64.3 Å². The summed E-state index contributed by atoms with van der Waals surface area (Å²) in [5.74, 6) is -1.04. The molecule has 0 radical (unpaired) electrons. The molecular formula is C23H24ClNO3. The van der Waals surface area contributed by atoms with Gasteiger partial charge in [0.2, 0.25) is 0 Å². The molecule has 2 aromatic carbocycles. The van der Waals surface area contributed by atoms with Crippen LogP contribution in [0.2, 0.25) is 5.02 Å². The van der Waals surface area contributed by atoms with Crippen molar-refractivity contribution in [2.75, 3.05) is 0 Å². The molecule has 1 heterocycles. The van der Waals surface area contributed by atoms with Crippen LogP contribution in [0.1, 0.15) is 43.7 Å². The van der Waals surface area contributed by atoms with Crippen molar-refractivity contribution < 1.29 is 14.6 Å². The van der Waals surface area contributed by atoms with Gasteiger partial charge in [-0.15, -0.1) is 0 Å². The third kappa shape index (κ3) is 4.18. The number of carboxylic acids is 1. The summed E-state index contributed by atoms with van der Waals surface area (Å²) in [4.78, 5) is 16.9. The quantitative estimate of drug-likeness (QED) is 0.576. The molecule has 3 rings (SSSR count). The first-order chi connectivity index (χ1) is 13.1. The van der Waals surface area contributed by atoms with Crippen molar-refractivity contribution in [1.82, 2.24) is 4.98 Å². The summed E-state index contributed by atoms with van der Waals surface area (Å²) in [7, 11) is 0. The average Bonchev–Trinajstić information content (AvgIpc) is 2.58. The molecule has 0 saturated heterocycles. The SMILES string of the molecule is Cc1ccc2c(-c3ccc(Cl)cc3)c([C@H](OC(C)(C)C)C(=O)O)c(C)nc2c1. The Balaban J connectivity index is 2.39. The number of benzene rings is 2. The first-order valence-corrected chi connectivity index (χ1v) is 9.52. The molecule has 0 amide bonds. The highest BCUT2D eigenvalue weighted by molar-refractivity contribution is 6.30. The number of hydrogen-bond acceptors (Lipinski definition) is 3. The molecule has 0 bridgehead atoms. The molecule has 0 fully saturated rings. The Morgan fingerprint density at radius 1 is 1.11 bits per heavy atom. The number of halogens is 1. The van der Waals surface area contributed by atoms with Gasteiger partial charge in [-0.05, 0) is 69.5 Å². The van der Waals surface area contributed by atoms with Crippen LogP contribution in [0.5, 0.6) is 0 Å². The van der Waals surface area contributed by atoms with Gasteiger partial charge in [0.15, 0.2) is 6.10 Å². The average molecular weight is 398 g/mol. The van der Waals surface area contributed by atoms with Gasteiger partial charge < -0.3 is 9.84 Å². The highest BCUT2D eigenvalue weighted by Gasteiger charge is 2.32. The second-order valence-corrected chi connectivity index (χ2v) is 8.40. The molecule has 3 aromatic rings. The number of carbonyl (C=O) groups is 1. The van der Waals surface area contributed by atoms with Crippen LogP contribution < -0.4 is 0 Å². The third-order valence-electron chi connectivity index (χ3n) is 4.46. The van der Waals surface area contributed by atoms with Crippen LogP contribution in [0, 0.1) is 13.8 Å². The van der Waals surface area contributed by atoms with Gasteiger partial charge >= 0.3 is 5.97 Å². The molecular weight excluding hydrogens is 374 g/mol. The summed E-state index contributed by atoms with van der Waals surface area (Å²) in [6.45, 7) is 9.38. The lowest BCUT2D eigenvalue weighted by Crippen LogP contribution is -2.28. The molecule has 0 saturated carbocycles. The molecule has 4 nitrogen and oxygen atoms in total. The Morgan fingerprint density at radius 2 is 1.75 bits per heavy atom. The van der Waals surface area contributed by atoms with E-state index in [9.17, 15) is 9.90 Å². The Kier molecular flexibility index (Phi) is 5.46. The number of aryl methyl sites for hydroxylation is 2. The largest absolute Gasteiger partial charge is 0.479 e. The van der Waals surface area contributed by atoms with Gasteiger partial charge in [-0.25, -0.2) is 4.79 Å². The van der Waals surface area contributed by atoms with E-state index >= 15 is 0 Å². The van der Waals surface area contributed by atoms with Crippen LogP contribution in [-0.4, -0.2) is 21.7 Å². The van der Waals surface area contributed by atoms with Crippen LogP contribution >= 0.6 is 11.6 Å². The van der Waals surface area contributed by atoms with E-state index in [2.05, 4.69) is 0 Å². The maximum absolute atomic E-state index is 12.2. The summed E-state index contributed by atoms with van der Waals surface area (Å²) in [6.07, 6.45) is -1.14. The number of pyridine rings is 1. The number of ether oxygens (including phenoxy) is 1. The Hall–Kier alpha value is -2.43. The molecule has 1 atom stereocenters. The van der Waals surface area contributed by atoms with Crippen molar-refractivity contribution >= 4 is 28.5 Å². The zero-order valence-corrected chi connectivity index (χ0v) is 17.5. The number of rotatable bonds is 4. The van der Waals surface area contributed by atoms with Gasteiger partial charge in [0.05, 0.1) is 11.1 Å². The lowest BCUT2D eigenvalue weighted by atomic mass is 9.90. The maximum Gasteiger partial charge on any atom is 0.337 e. The van der Waals surface area contributed by atoms with Crippen LogP contribution in [0.15, 0.2) is 42.5 Å². The molecule has 0 unspecified atom stereocenters. The Labute approximate surface area is 170 Å². The first kappa shape index (κ1) is 20.3. The van der Waals surface area contributed by atoms with E-state index in [-0.39, 0.29) is 0 Å². The Bertz CT molecular complexity index is 1040. The fourth-order valence-corrected chi connectivity index (χ4v) is 3.47. The highest BCUT2D eigenvalue weighted by Crippen LogP contribution is 2.39. The molecule has 0 spiro atoms. The molecule has 0 aliphatic heterocycles. The second kappa shape index (κ2) is 7.53. The van der Waals surface area contributed by atoms with Gasteiger partial charge in [-0.3, -0.25) is 4.98 Å². The minimum atomic E-state index is -1.14. The van der Waals surface area contributed by atoms with E-state index in [1.54, 1.807) is 12.1 Å². The molecule has 1 aromatic heterocycles. The van der Waals surface area contributed by atoms with E-state index in [1.165, 1.54) is 0 Å². The molecule has 28 heavy (non-hydrogen) atoms. The third-order valence-corrected chi connectivity index (χ3v) is 4.71. The predicted molar refractivity (Wildman–Crippen MR) is 113 cm³/mol. The number of fused-ring (bicyclic) bond motifs is 1. The lowest BCUT2D eigenvalue weighted by Gasteiger charge is -2.28. The molecule has 5 heteroatoms. The first-order valence-electron chi connectivity index (χ1n) is 9.14. The number of carboxylic acid groups (broad SMARTS) is 1. The maximum atomic E-state index is 12.2. The second-order valence-electron chi connectivity index (χ2n) is 7.96. The van der Waals surface area contributed by atoms with Crippen molar-refractivity contribution in [3.63, 3.8) is 0 Å². The summed E-state index contributed by atoms with van der Waals surface area (Å²) >= 11 is 6.08. The normalized spacial score (nSPS) is 12.9. The van der Waals surface area contributed by atoms with Crippen molar-refractivity contribution in [3.8, 4) is 11.1 Å². The fourth-order valence-electron chi connectivity index (χ4n) is 3.35. The van der Waals surface area contributed by atoms with Gasteiger partial charge in [-0.1, -0.05) is 35.9 Å². The van der Waals surface area contributed by atoms with Gasteiger partial charge in [0, 0.05) is 21.7 Å². The van der Waals surface area contributed by atoms with Gasteiger partial charge in [-0.2, -0.15) is 0 Å². The molecule has 0 aliphatic rings. The zero-order valence-electron chi connectivity index (χ0n) is 16.7. The zero-order chi connectivity index (χ0) is 20.6. The molecule has 1 N–H and O–H groups in total. The molecule has 0 aliphatic carbocycles. The van der Waals surface area contributed by atoms with E-state index in [0.29, 0.717) is 16.3 Å². The van der Waals surface area contributed by atoms with E-state index in [0.717, 1.165) is 27.6 Å². The van der Waals surface area contributed by atoms with Crippen molar-refractivity contribution in [2.24, 2.45) is 0 Å². The summed E-state index contributed by atoms with van der Waals surface area (Å²) in [5, 5.41) is 11.5. The Morgan fingerprint density at radius 3 is 2.32 bits per heavy atom. The van der Waals surface area contributed by atoms with Crippen molar-refractivity contribution in [1.29, 1.82) is 0 Å². The van der Waals surface area contributed by atoms with Crippen LogP contribution in [0.25, 0.3) is 22.0 Å². The van der Waals surface area contributed by atoms with Crippen LogP contribution in [0.4, 0.5) is 0 Å². The van der Waals surface area contributed by atoms with Gasteiger partial charge in [0.25, 0.3) is 0 Å². The summed E-state index contributed by atoms with van der Waals surface area (Å²) in [5.41, 5.74) is 4.19. The fraction of sp³-hybridized carbons (Fsp3) is 0.304. The van der Waals surface area contributed by atoms with Crippen LogP contribution in [-0.2, 0) is 9.53 Å². The van der Waals surface area contributed by atoms with E-state index in [4.69, 9.17) is 21.3 Å². The summed E-state index contributed by atoms with van der Waals surface area (Å²) < 4.78 is 5.96. The van der Waals surface area contributed by atoms with E-state index < -0.39 is 17.7 Å². The minimum absolute atomic E-state index is 0.570. The van der Waals surface area contributed by atoms with Crippen molar-refractivity contribution in [2.45, 2.75) is 46.3 Å². The standard InChI is InChI=1S/C23H24ClNO3/c1-13-6-11-17-18(12-13)25-14(2)19(21(22(26)27)28-23(3,4)5)20(17)15-7-9-16(24)10-8-15/h6-12,21H,1-5H3,(H,26,27)/t21-/m0/s1. The number of aromatic nitrogens is 1. The van der Waals surface area contributed by atoms with E-state index in [1.807, 2.05) is 65.0 Å². The molecule has 146 valence electrons. The monoisotopic (exact) mass is 397 g/mol. The smallest absolute Gasteiger partial charge is 0.337 e. The number of aliphatic carboxylic acids is 1. The minimum Gasteiger partial charge on any atom is -0.479 e. The number of hydrogen-bond donors (Lipinski definition) is 1.